The molecule has 0 bridgehead atoms. The minimum absolute atomic E-state index is 0.144. The monoisotopic (exact) mass is 398 g/mol. The van der Waals surface area contributed by atoms with Gasteiger partial charge in [-0.15, -0.1) is 0 Å². The molecule has 164 valence electrons. The molecule has 0 amide bonds. The van der Waals surface area contributed by atoms with Crippen molar-refractivity contribution in [3.63, 3.8) is 0 Å². The third-order valence-corrected chi connectivity index (χ3v) is 11.1. The Morgan fingerprint density at radius 3 is 1.14 bits per heavy atom. The van der Waals surface area contributed by atoms with Gasteiger partial charge in [0.2, 0.25) is 0 Å². The molecule has 1 heteroatoms. The largest absolute Gasteiger partial charge is 0.298 e. The Morgan fingerprint density at radius 2 is 0.828 bits per heavy atom. The summed E-state index contributed by atoms with van der Waals surface area (Å²) in [7, 11) is 0. The maximum Gasteiger partial charge on any atom is 0.145 e. The van der Waals surface area contributed by atoms with E-state index in [0.717, 1.165) is 41.3 Å². The summed E-state index contributed by atoms with van der Waals surface area (Å²) in [5.74, 6) is 6.53. The quantitative estimate of drug-likeness (QED) is 0.461. The van der Waals surface area contributed by atoms with E-state index in [2.05, 4.69) is 13.8 Å². The molecule has 5 aliphatic carbocycles. The fraction of sp³-hybridized carbons (Fsp3) is 0.964. The zero-order chi connectivity index (χ0) is 20.1. The molecule has 0 aliphatic heterocycles. The number of hydrogen-bond acceptors (Lipinski definition) is 1. The molecule has 0 heterocycles. The van der Waals surface area contributed by atoms with Crippen molar-refractivity contribution in [3.8, 4) is 0 Å². The van der Waals surface area contributed by atoms with Crippen molar-refractivity contribution in [3.05, 3.63) is 0 Å². The first kappa shape index (κ1) is 20.6. The summed E-state index contributed by atoms with van der Waals surface area (Å²) >= 11 is 0. The fourth-order valence-corrected chi connectivity index (χ4v) is 8.91. The first-order valence-electron chi connectivity index (χ1n) is 13.5. The molecular weight excluding hydrogens is 352 g/mol. The molecule has 5 rings (SSSR count). The molecule has 5 fully saturated rings. The highest BCUT2D eigenvalue weighted by atomic mass is 16.1. The van der Waals surface area contributed by atoms with E-state index in [0.29, 0.717) is 0 Å². The van der Waals surface area contributed by atoms with Crippen LogP contribution in [0.5, 0.6) is 0 Å². The topological polar surface area (TPSA) is 17.1 Å². The van der Waals surface area contributed by atoms with Crippen molar-refractivity contribution < 1.29 is 4.79 Å². The summed E-state index contributed by atoms with van der Waals surface area (Å²) in [6, 6.07) is 0. The molecule has 0 unspecified atom stereocenters. The van der Waals surface area contributed by atoms with Gasteiger partial charge in [0.05, 0.1) is 0 Å². The van der Waals surface area contributed by atoms with E-state index in [4.69, 9.17) is 0 Å². The highest BCUT2D eigenvalue weighted by molar-refractivity contribution is 5.96. The Balaban J connectivity index is 1.11. The molecule has 2 spiro atoms. The summed E-state index contributed by atoms with van der Waals surface area (Å²) in [5.41, 5.74) is 0.289. The average Bonchev–Trinajstić information content (AvgIpc) is 2.76. The van der Waals surface area contributed by atoms with Gasteiger partial charge in [-0.25, -0.2) is 0 Å². The summed E-state index contributed by atoms with van der Waals surface area (Å²) in [6.45, 7) is 4.87. The lowest BCUT2D eigenvalue weighted by molar-refractivity contribution is -0.170. The van der Waals surface area contributed by atoms with E-state index in [-0.39, 0.29) is 10.8 Å². The summed E-state index contributed by atoms with van der Waals surface area (Å²) in [5, 5.41) is 0. The van der Waals surface area contributed by atoms with Crippen molar-refractivity contribution in [2.24, 2.45) is 46.3 Å². The highest BCUT2D eigenvalue weighted by Gasteiger charge is 2.63. The van der Waals surface area contributed by atoms with Crippen LogP contribution >= 0.6 is 0 Å². The maximum absolute atomic E-state index is 13.6. The zero-order valence-electron chi connectivity index (χ0n) is 19.4. The molecule has 0 radical (unpaired) electrons. The van der Waals surface area contributed by atoms with Gasteiger partial charge in [-0.1, -0.05) is 39.5 Å². The molecule has 5 saturated carbocycles. The fourth-order valence-electron chi connectivity index (χ4n) is 8.91. The van der Waals surface area contributed by atoms with Crippen LogP contribution in [0.1, 0.15) is 123 Å². The summed E-state index contributed by atoms with van der Waals surface area (Å²) in [6.07, 6.45) is 23.4. The van der Waals surface area contributed by atoms with E-state index < -0.39 is 0 Å². The van der Waals surface area contributed by atoms with Crippen LogP contribution in [-0.4, -0.2) is 5.78 Å². The maximum atomic E-state index is 13.6. The third-order valence-electron chi connectivity index (χ3n) is 11.1. The van der Waals surface area contributed by atoms with Gasteiger partial charge in [0.25, 0.3) is 0 Å². The van der Waals surface area contributed by atoms with Crippen LogP contribution in [0.4, 0.5) is 0 Å². The molecule has 0 aromatic heterocycles. The van der Waals surface area contributed by atoms with Crippen LogP contribution in [-0.2, 0) is 4.79 Å². The molecule has 1 nitrogen and oxygen atoms in total. The van der Waals surface area contributed by atoms with E-state index >= 15 is 0 Å². The van der Waals surface area contributed by atoms with Crippen LogP contribution < -0.4 is 0 Å². The zero-order valence-corrected chi connectivity index (χ0v) is 19.4. The van der Waals surface area contributed by atoms with Gasteiger partial charge in [0.1, 0.15) is 5.78 Å². The van der Waals surface area contributed by atoms with Crippen LogP contribution in [0.25, 0.3) is 0 Å². The predicted molar refractivity (Wildman–Crippen MR) is 121 cm³/mol. The van der Waals surface area contributed by atoms with Crippen molar-refractivity contribution in [1.29, 1.82) is 0 Å². The molecule has 0 saturated heterocycles. The number of hydrogen-bond donors (Lipinski definition) is 0. The Kier molecular flexibility index (Phi) is 5.66. The Morgan fingerprint density at radius 1 is 0.517 bits per heavy atom. The molecule has 0 aromatic rings. The SMILES string of the molecule is C[C@H]1CC[C@H](C2CCC3(CC2)CC2(CCC([C@H]4CC[C@H](C)CC4)CC2)C3=O)CC1. The second kappa shape index (κ2) is 7.98. The molecular formula is C28H46O. The minimum Gasteiger partial charge on any atom is -0.298 e. The lowest BCUT2D eigenvalue weighted by Crippen LogP contribution is -2.60. The highest BCUT2D eigenvalue weighted by Crippen LogP contribution is 2.65. The van der Waals surface area contributed by atoms with Gasteiger partial charge in [-0.3, -0.25) is 4.79 Å². The van der Waals surface area contributed by atoms with Crippen molar-refractivity contribution in [2.75, 3.05) is 0 Å². The first-order chi connectivity index (χ1) is 14.0. The van der Waals surface area contributed by atoms with Crippen molar-refractivity contribution in [1.82, 2.24) is 0 Å². The normalized spacial score (nSPS) is 51.2. The number of carbonyl (C=O) groups excluding carboxylic acids is 1. The van der Waals surface area contributed by atoms with Gasteiger partial charge < -0.3 is 0 Å². The third kappa shape index (κ3) is 3.76. The Labute approximate surface area is 180 Å². The van der Waals surface area contributed by atoms with Crippen LogP contribution in [0, 0.1) is 46.3 Å². The molecule has 0 aromatic carbocycles. The average molecular weight is 399 g/mol. The minimum atomic E-state index is 0.144. The van der Waals surface area contributed by atoms with Crippen LogP contribution in [0.3, 0.4) is 0 Å². The molecule has 0 N–H and O–H groups in total. The van der Waals surface area contributed by atoms with E-state index in [9.17, 15) is 4.79 Å². The smallest absolute Gasteiger partial charge is 0.145 e. The Hall–Kier alpha value is -0.330. The number of Topliss-reactive ketones (excluding diaryl/α,β-unsaturated/α-hetero) is 1. The first-order valence-corrected chi connectivity index (χ1v) is 13.5. The second-order valence-corrected chi connectivity index (χ2v) is 12.8. The van der Waals surface area contributed by atoms with Crippen molar-refractivity contribution >= 4 is 5.78 Å². The second-order valence-electron chi connectivity index (χ2n) is 12.8. The van der Waals surface area contributed by atoms with E-state index in [1.54, 1.807) is 0 Å². The molecule has 5 aliphatic rings. The van der Waals surface area contributed by atoms with Gasteiger partial charge >= 0.3 is 0 Å². The number of ketones is 1. The molecule has 0 atom stereocenters. The van der Waals surface area contributed by atoms with Gasteiger partial charge in [-0.2, -0.15) is 0 Å². The van der Waals surface area contributed by atoms with Gasteiger partial charge in [0, 0.05) is 10.8 Å². The van der Waals surface area contributed by atoms with Crippen LogP contribution in [0.2, 0.25) is 0 Å². The number of carbonyl (C=O) groups is 1. The number of rotatable bonds is 2. The lowest BCUT2D eigenvalue weighted by Gasteiger charge is -2.60. The summed E-state index contributed by atoms with van der Waals surface area (Å²) < 4.78 is 0. The summed E-state index contributed by atoms with van der Waals surface area (Å²) in [4.78, 5) is 13.6. The van der Waals surface area contributed by atoms with Gasteiger partial charge in [-0.05, 0) is 119 Å². The lowest BCUT2D eigenvalue weighted by atomic mass is 9.42. The standard InChI is InChI=1S/C28H46O/c1-20-3-7-22(8-4-20)24-11-15-27(16-12-24)19-28(26(27)29)17-13-25(14-18-28)23-9-5-21(2)6-10-23/h20-25H,3-19H2,1-2H3/t20-,21-,22-,23-,24?,25?,27?,28?. The van der Waals surface area contributed by atoms with E-state index in [1.807, 2.05) is 0 Å². The Bertz CT molecular complexity index is 523. The van der Waals surface area contributed by atoms with Crippen LogP contribution in [0.15, 0.2) is 0 Å². The van der Waals surface area contributed by atoms with Gasteiger partial charge in [0.15, 0.2) is 0 Å². The molecule has 29 heavy (non-hydrogen) atoms. The predicted octanol–water partition coefficient (Wildman–Crippen LogP) is 7.97. The van der Waals surface area contributed by atoms with E-state index in [1.165, 1.54) is 109 Å². The van der Waals surface area contributed by atoms with Crippen molar-refractivity contribution in [2.45, 2.75) is 123 Å².